The van der Waals surface area contributed by atoms with E-state index in [4.69, 9.17) is 10.5 Å². The highest BCUT2D eigenvalue weighted by Crippen LogP contribution is 2.30. The number of carbonyl (C=O) groups excluding carboxylic acids is 1. The summed E-state index contributed by atoms with van der Waals surface area (Å²) in [5.74, 6) is 0.206. The van der Waals surface area contributed by atoms with Crippen LogP contribution < -0.4 is 15.8 Å². The van der Waals surface area contributed by atoms with Crippen LogP contribution in [0.1, 0.15) is 19.3 Å². The van der Waals surface area contributed by atoms with Gasteiger partial charge in [0.05, 0.1) is 12.8 Å². The van der Waals surface area contributed by atoms with Gasteiger partial charge in [0.15, 0.2) is 0 Å². The Balaban J connectivity index is 1.81. The minimum Gasteiger partial charge on any atom is -0.496 e. The first-order valence-corrected chi connectivity index (χ1v) is 7.79. The molecule has 1 aromatic carbocycles. The molecule has 0 saturated heterocycles. The molecule has 3 rings (SSSR count). The van der Waals surface area contributed by atoms with Crippen LogP contribution in [0, 0.1) is 11.7 Å². The topological polar surface area (TPSA) is 90.1 Å². The molecular formula is C17H19FN4O2. The van der Waals surface area contributed by atoms with Crippen molar-refractivity contribution in [1.82, 2.24) is 9.97 Å². The monoisotopic (exact) mass is 330 g/mol. The highest BCUT2D eigenvalue weighted by atomic mass is 19.1. The Hall–Kier alpha value is -2.54. The summed E-state index contributed by atoms with van der Waals surface area (Å²) in [6.45, 7) is 0. The minimum atomic E-state index is -0.393. The summed E-state index contributed by atoms with van der Waals surface area (Å²) in [7, 11) is 1.46. The summed E-state index contributed by atoms with van der Waals surface area (Å²) >= 11 is 0. The van der Waals surface area contributed by atoms with Gasteiger partial charge in [-0.05, 0) is 31.4 Å². The first-order valence-electron chi connectivity index (χ1n) is 7.79. The lowest BCUT2D eigenvalue weighted by Crippen LogP contribution is -2.23. The number of amides is 1. The number of hydrogen-bond acceptors (Lipinski definition) is 5. The second kappa shape index (κ2) is 6.92. The van der Waals surface area contributed by atoms with Crippen LogP contribution in [0.15, 0.2) is 30.6 Å². The van der Waals surface area contributed by atoms with E-state index in [-0.39, 0.29) is 17.9 Å². The van der Waals surface area contributed by atoms with Gasteiger partial charge in [-0.1, -0.05) is 0 Å². The lowest BCUT2D eigenvalue weighted by atomic mass is 10.1. The number of ether oxygens (including phenoxy) is 1. The second-order valence-corrected chi connectivity index (χ2v) is 5.89. The zero-order valence-electron chi connectivity index (χ0n) is 13.3. The smallest absolute Gasteiger partial charge is 0.228 e. The van der Waals surface area contributed by atoms with Crippen molar-refractivity contribution in [1.29, 1.82) is 0 Å². The highest BCUT2D eigenvalue weighted by molar-refractivity contribution is 5.92. The number of rotatable bonds is 4. The Kier molecular flexibility index (Phi) is 4.71. The van der Waals surface area contributed by atoms with E-state index < -0.39 is 5.82 Å². The average molecular weight is 330 g/mol. The summed E-state index contributed by atoms with van der Waals surface area (Å²) in [5.41, 5.74) is 7.02. The predicted molar refractivity (Wildman–Crippen MR) is 87.9 cm³/mol. The van der Waals surface area contributed by atoms with Gasteiger partial charge in [-0.25, -0.2) is 14.4 Å². The van der Waals surface area contributed by atoms with Gasteiger partial charge in [-0.3, -0.25) is 4.79 Å². The van der Waals surface area contributed by atoms with Gasteiger partial charge in [0, 0.05) is 29.7 Å². The molecule has 2 atom stereocenters. The van der Waals surface area contributed by atoms with E-state index in [2.05, 4.69) is 15.3 Å². The summed E-state index contributed by atoms with van der Waals surface area (Å²) in [4.78, 5) is 20.5. The predicted octanol–water partition coefficient (Wildman–Crippen LogP) is 2.36. The van der Waals surface area contributed by atoms with Crippen LogP contribution in [0.5, 0.6) is 5.75 Å². The first kappa shape index (κ1) is 16.3. The zero-order valence-corrected chi connectivity index (χ0v) is 13.3. The Morgan fingerprint density at radius 2 is 2.17 bits per heavy atom. The standard InChI is InChI=1S/C17H19FN4O2/c1-24-15-7-11(18)3-5-13(15)14-8-16(21-9-20-14)22-17(23)10-2-4-12(19)6-10/h3,5,7-10,12H,2,4,6,19H2,1H3,(H,20,21,22,23)/t10-,12+/m0/s1. The number of aromatic nitrogens is 2. The first-order chi connectivity index (χ1) is 11.6. The molecule has 126 valence electrons. The maximum Gasteiger partial charge on any atom is 0.228 e. The number of nitrogens with one attached hydrogen (secondary N) is 1. The number of methoxy groups -OCH3 is 1. The van der Waals surface area contributed by atoms with Crippen molar-refractivity contribution in [3.8, 4) is 17.0 Å². The summed E-state index contributed by atoms with van der Waals surface area (Å²) in [5, 5.41) is 2.80. The third-order valence-corrected chi connectivity index (χ3v) is 4.20. The third kappa shape index (κ3) is 3.51. The van der Waals surface area contributed by atoms with Crippen molar-refractivity contribution < 1.29 is 13.9 Å². The molecule has 0 spiro atoms. The van der Waals surface area contributed by atoms with Crippen LogP contribution in [0.4, 0.5) is 10.2 Å². The van der Waals surface area contributed by atoms with Gasteiger partial charge >= 0.3 is 0 Å². The van der Waals surface area contributed by atoms with Crippen molar-refractivity contribution >= 4 is 11.7 Å². The van der Waals surface area contributed by atoms with Crippen molar-refractivity contribution in [3.05, 3.63) is 36.4 Å². The Labute approximate surface area is 139 Å². The third-order valence-electron chi connectivity index (χ3n) is 4.20. The molecule has 0 aliphatic heterocycles. The molecule has 7 heteroatoms. The largest absolute Gasteiger partial charge is 0.496 e. The molecule has 1 aliphatic carbocycles. The fourth-order valence-corrected chi connectivity index (χ4v) is 2.93. The lowest BCUT2D eigenvalue weighted by molar-refractivity contribution is -0.119. The zero-order chi connectivity index (χ0) is 17.1. The fraction of sp³-hybridized carbons (Fsp3) is 0.353. The molecule has 1 aliphatic rings. The molecule has 1 fully saturated rings. The fourth-order valence-electron chi connectivity index (χ4n) is 2.93. The highest BCUT2D eigenvalue weighted by Gasteiger charge is 2.28. The van der Waals surface area contributed by atoms with E-state index in [1.807, 2.05) is 0 Å². The van der Waals surface area contributed by atoms with Crippen LogP contribution >= 0.6 is 0 Å². The van der Waals surface area contributed by atoms with E-state index in [9.17, 15) is 9.18 Å². The number of halogens is 1. The number of hydrogen-bond donors (Lipinski definition) is 2. The van der Waals surface area contributed by atoms with E-state index in [0.29, 0.717) is 29.2 Å². The number of nitrogens with zero attached hydrogens (tertiary/aromatic N) is 2. The van der Waals surface area contributed by atoms with Crippen LogP contribution in [-0.2, 0) is 4.79 Å². The van der Waals surface area contributed by atoms with Crippen LogP contribution in [0.3, 0.4) is 0 Å². The molecular weight excluding hydrogens is 311 g/mol. The van der Waals surface area contributed by atoms with E-state index in [1.165, 1.54) is 25.6 Å². The maximum atomic E-state index is 13.3. The van der Waals surface area contributed by atoms with Gasteiger partial charge in [0.25, 0.3) is 0 Å². The average Bonchev–Trinajstić information content (AvgIpc) is 3.01. The van der Waals surface area contributed by atoms with Crippen molar-refractivity contribution in [3.63, 3.8) is 0 Å². The Bertz CT molecular complexity index is 753. The van der Waals surface area contributed by atoms with Gasteiger partial charge in [0.2, 0.25) is 5.91 Å². The molecule has 0 radical (unpaired) electrons. The lowest BCUT2D eigenvalue weighted by Gasteiger charge is -2.12. The summed E-state index contributed by atoms with van der Waals surface area (Å²) < 4.78 is 18.5. The molecule has 2 aromatic rings. The van der Waals surface area contributed by atoms with Gasteiger partial charge in [-0.2, -0.15) is 0 Å². The van der Waals surface area contributed by atoms with Crippen molar-refractivity contribution in [2.75, 3.05) is 12.4 Å². The Morgan fingerprint density at radius 1 is 1.33 bits per heavy atom. The molecule has 24 heavy (non-hydrogen) atoms. The second-order valence-electron chi connectivity index (χ2n) is 5.89. The molecule has 1 amide bonds. The number of benzene rings is 1. The molecule has 0 bridgehead atoms. The molecule has 1 saturated carbocycles. The number of anilines is 1. The maximum absolute atomic E-state index is 13.3. The summed E-state index contributed by atoms with van der Waals surface area (Å²) in [6.07, 6.45) is 3.69. The van der Waals surface area contributed by atoms with Crippen LogP contribution in [0.25, 0.3) is 11.3 Å². The van der Waals surface area contributed by atoms with Crippen LogP contribution in [-0.4, -0.2) is 29.0 Å². The van der Waals surface area contributed by atoms with Crippen molar-refractivity contribution in [2.45, 2.75) is 25.3 Å². The van der Waals surface area contributed by atoms with Crippen LogP contribution in [0.2, 0.25) is 0 Å². The molecule has 6 nitrogen and oxygen atoms in total. The van der Waals surface area contributed by atoms with Gasteiger partial charge in [0.1, 0.15) is 23.7 Å². The van der Waals surface area contributed by atoms with E-state index >= 15 is 0 Å². The normalized spacial score (nSPS) is 20.0. The van der Waals surface area contributed by atoms with E-state index in [0.717, 1.165) is 12.8 Å². The molecule has 1 aromatic heterocycles. The van der Waals surface area contributed by atoms with E-state index in [1.54, 1.807) is 12.1 Å². The number of carbonyl (C=O) groups is 1. The SMILES string of the molecule is COc1cc(F)ccc1-c1cc(NC(=O)[C@H]2CC[C@@H](N)C2)ncn1. The molecule has 1 heterocycles. The van der Waals surface area contributed by atoms with Gasteiger partial charge < -0.3 is 15.8 Å². The number of nitrogens with two attached hydrogens (primary N) is 1. The van der Waals surface area contributed by atoms with Crippen molar-refractivity contribution in [2.24, 2.45) is 11.7 Å². The van der Waals surface area contributed by atoms with Gasteiger partial charge in [-0.15, -0.1) is 0 Å². The molecule has 0 unspecified atom stereocenters. The summed E-state index contributed by atoms with van der Waals surface area (Å²) in [6, 6.07) is 5.93. The minimum absolute atomic E-state index is 0.0845. The Morgan fingerprint density at radius 3 is 2.88 bits per heavy atom. The molecule has 3 N–H and O–H groups in total. The quantitative estimate of drug-likeness (QED) is 0.898.